The summed E-state index contributed by atoms with van der Waals surface area (Å²) < 4.78 is 16.6. The minimum atomic E-state index is -0.941. The van der Waals surface area contributed by atoms with Gasteiger partial charge in [0.05, 0.1) is 32.4 Å². The molecule has 1 amide bonds. The molecule has 0 spiro atoms. The number of ether oxygens (including phenoxy) is 3. The van der Waals surface area contributed by atoms with Gasteiger partial charge in [-0.1, -0.05) is 30.7 Å². The van der Waals surface area contributed by atoms with Gasteiger partial charge < -0.3 is 19.3 Å². The number of aliphatic hydroxyl groups excluding tert-OH is 1. The SMILES string of the molecule is CCCOc1ccc(/C(O)=C2\C(=O)C(=O)N(c3cccc(Cl)c3C)C2c2ccc(OC)c(OC)c2)cc1C. The van der Waals surface area contributed by atoms with Gasteiger partial charge in [-0.2, -0.15) is 0 Å². The third kappa shape index (κ3) is 4.82. The van der Waals surface area contributed by atoms with Crippen LogP contribution in [-0.2, 0) is 9.59 Å². The van der Waals surface area contributed by atoms with Crippen LogP contribution in [-0.4, -0.2) is 37.6 Å². The van der Waals surface area contributed by atoms with Gasteiger partial charge in [-0.05, 0) is 79.4 Å². The molecule has 1 N–H and O–H groups in total. The van der Waals surface area contributed by atoms with E-state index in [1.165, 1.54) is 19.1 Å². The molecule has 7 nitrogen and oxygen atoms in total. The lowest BCUT2D eigenvalue weighted by atomic mass is 9.94. The zero-order valence-electron chi connectivity index (χ0n) is 22.0. The van der Waals surface area contributed by atoms with Crippen molar-refractivity contribution in [2.45, 2.75) is 33.2 Å². The number of carbonyl (C=O) groups excluding carboxylic acids is 2. The molecule has 1 aliphatic heterocycles. The van der Waals surface area contributed by atoms with E-state index in [-0.39, 0.29) is 11.3 Å². The molecular formula is C30H30ClNO6. The first-order chi connectivity index (χ1) is 18.2. The van der Waals surface area contributed by atoms with Crippen LogP contribution in [0.3, 0.4) is 0 Å². The molecule has 0 saturated carbocycles. The number of hydrogen-bond acceptors (Lipinski definition) is 6. The fraction of sp³-hybridized carbons (Fsp3) is 0.267. The molecule has 1 fully saturated rings. The molecule has 38 heavy (non-hydrogen) atoms. The van der Waals surface area contributed by atoms with Crippen molar-refractivity contribution in [1.29, 1.82) is 0 Å². The quantitative estimate of drug-likeness (QED) is 0.204. The lowest BCUT2D eigenvalue weighted by molar-refractivity contribution is -0.132. The Morgan fingerprint density at radius 3 is 2.34 bits per heavy atom. The molecule has 8 heteroatoms. The number of halogens is 1. The highest BCUT2D eigenvalue weighted by molar-refractivity contribution is 6.52. The van der Waals surface area contributed by atoms with E-state index in [0.29, 0.717) is 51.3 Å². The van der Waals surface area contributed by atoms with Gasteiger partial charge in [0.1, 0.15) is 11.5 Å². The predicted octanol–water partition coefficient (Wildman–Crippen LogP) is 6.39. The highest BCUT2D eigenvalue weighted by atomic mass is 35.5. The number of hydrogen-bond donors (Lipinski definition) is 1. The largest absolute Gasteiger partial charge is 0.507 e. The molecule has 0 bridgehead atoms. The first-order valence-electron chi connectivity index (χ1n) is 12.2. The van der Waals surface area contributed by atoms with Crippen LogP contribution in [0.2, 0.25) is 5.02 Å². The number of anilines is 1. The predicted molar refractivity (Wildman–Crippen MR) is 147 cm³/mol. The van der Waals surface area contributed by atoms with Crippen LogP contribution in [0.4, 0.5) is 5.69 Å². The monoisotopic (exact) mass is 535 g/mol. The number of aliphatic hydroxyl groups is 1. The smallest absolute Gasteiger partial charge is 0.300 e. The van der Waals surface area contributed by atoms with E-state index >= 15 is 0 Å². The van der Waals surface area contributed by atoms with E-state index in [0.717, 1.165) is 12.0 Å². The lowest BCUT2D eigenvalue weighted by Gasteiger charge is -2.27. The molecule has 0 radical (unpaired) electrons. The molecule has 4 rings (SSSR count). The van der Waals surface area contributed by atoms with Gasteiger partial charge >= 0.3 is 0 Å². The Labute approximate surface area is 227 Å². The van der Waals surface area contributed by atoms with Crippen LogP contribution in [0, 0.1) is 13.8 Å². The summed E-state index contributed by atoms with van der Waals surface area (Å²) >= 11 is 6.39. The minimum absolute atomic E-state index is 0.0387. The number of aryl methyl sites for hydroxylation is 1. The van der Waals surface area contributed by atoms with Gasteiger partial charge in [0, 0.05) is 16.3 Å². The number of ketones is 1. The average molecular weight is 536 g/mol. The zero-order chi connectivity index (χ0) is 27.6. The molecule has 1 atom stereocenters. The third-order valence-electron chi connectivity index (χ3n) is 6.58. The van der Waals surface area contributed by atoms with E-state index in [1.807, 2.05) is 13.8 Å². The maximum atomic E-state index is 13.5. The number of amides is 1. The van der Waals surface area contributed by atoms with Gasteiger partial charge in [-0.3, -0.25) is 14.5 Å². The van der Waals surface area contributed by atoms with Crippen molar-refractivity contribution < 1.29 is 28.9 Å². The molecule has 1 aliphatic rings. The Kier molecular flexibility index (Phi) is 7.97. The molecule has 1 unspecified atom stereocenters. The molecule has 0 aromatic heterocycles. The first kappa shape index (κ1) is 27.1. The molecule has 1 saturated heterocycles. The summed E-state index contributed by atoms with van der Waals surface area (Å²) in [6, 6.07) is 14.5. The van der Waals surface area contributed by atoms with Gasteiger partial charge in [-0.15, -0.1) is 0 Å². The second-order valence-corrected chi connectivity index (χ2v) is 9.40. The van der Waals surface area contributed by atoms with Crippen molar-refractivity contribution in [1.82, 2.24) is 0 Å². The number of Topliss-reactive ketones (excluding diaryl/α,β-unsaturated/α-hetero) is 1. The van der Waals surface area contributed by atoms with Crippen molar-refractivity contribution in [3.8, 4) is 17.2 Å². The standard InChI is InChI=1S/C30H30ClNO6/c1-6-14-38-23-12-11-20(15-17(23)2)28(33)26-27(19-10-13-24(36-4)25(16-19)37-5)32(30(35)29(26)34)22-9-7-8-21(31)18(22)3/h7-13,15-16,27,33H,6,14H2,1-5H3/b28-26+. The van der Waals surface area contributed by atoms with Crippen LogP contribution in [0.15, 0.2) is 60.2 Å². The van der Waals surface area contributed by atoms with Crippen molar-refractivity contribution in [2.75, 3.05) is 25.7 Å². The van der Waals surface area contributed by atoms with E-state index < -0.39 is 17.7 Å². The molecule has 3 aromatic carbocycles. The van der Waals surface area contributed by atoms with Gasteiger partial charge in [-0.25, -0.2) is 0 Å². The number of rotatable bonds is 8. The van der Waals surface area contributed by atoms with Crippen LogP contribution in [0.1, 0.15) is 41.6 Å². The number of methoxy groups -OCH3 is 2. The van der Waals surface area contributed by atoms with Gasteiger partial charge in [0.25, 0.3) is 11.7 Å². The average Bonchev–Trinajstić information content (AvgIpc) is 3.18. The summed E-state index contributed by atoms with van der Waals surface area (Å²) in [7, 11) is 3.03. The summed E-state index contributed by atoms with van der Waals surface area (Å²) in [4.78, 5) is 28.4. The zero-order valence-corrected chi connectivity index (χ0v) is 22.8. The van der Waals surface area contributed by atoms with Crippen molar-refractivity contribution >= 4 is 34.7 Å². The summed E-state index contributed by atoms with van der Waals surface area (Å²) in [5.41, 5.74) is 2.82. The molecule has 198 valence electrons. The van der Waals surface area contributed by atoms with Crippen LogP contribution in [0.5, 0.6) is 17.2 Å². The maximum absolute atomic E-state index is 13.5. The summed E-state index contributed by atoms with van der Waals surface area (Å²) in [5.74, 6) is -0.246. The Morgan fingerprint density at radius 2 is 1.68 bits per heavy atom. The first-order valence-corrected chi connectivity index (χ1v) is 12.6. The summed E-state index contributed by atoms with van der Waals surface area (Å²) in [5, 5.41) is 12.0. The summed E-state index contributed by atoms with van der Waals surface area (Å²) in [6.07, 6.45) is 0.860. The van der Waals surface area contributed by atoms with Crippen LogP contribution >= 0.6 is 11.6 Å². The Morgan fingerprint density at radius 1 is 0.974 bits per heavy atom. The number of carbonyl (C=O) groups is 2. The Hall–Kier alpha value is -3.97. The second-order valence-electron chi connectivity index (χ2n) is 9.00. The van der Waals surface area contributed by atoms with Crippen LogP contribution in [0.25, 0.3) is 5.76 Å². The lowest BCUT2D eigenvalue weighted by Crippen LogP contribution is -2.30. The van der Waals surface area contributed by atoms with Crippen molar-refractivity contribution in [3.05, 3.63) is 87.4 Å². The van der Waals surface area contributed by atoms with Crippen molar-refractivity contribution in [3.63, 3.8) is 0 Å². The molecule has 1 heterocycles. The highest BCUT2D eigenvalue weighted by Crippen LogP contribution is 2.45. The Bertz CT molecular complexity index is 1430. The van der Waals surface area contributed by atoms with Gasteiger partial charge in [0.15, 0.2) is 11.5 Å². The molecule has 3 aromatic rings. The van der Waals surface area contributed by atoms with Crippen LogP contribution < -0.4 is 19.1 Å². The minimum Gasteiger partial charge on any atom is -0.507 e. The molecular weight excluding hydrogens is 506 g/mol. The number of nitrogens with zero attached hydrogens (tertiary/aromatic N) is 1. The highest BCUT2D eigenvalue weighted by Gasteiger charge is 2.47. The van der Waals surface area contributed by atoms with E-state index in [4.69, 9.17) is 25.8 Å². The van der Waals surface area contributed by atoms with Gasteiger partial charge in [0.2, 0.25) is 0 Å². The number of benzene rings is 3. The van der Waals surface area contributed by atoms with E-state index in [9.17, 15) is 14.7 Å². The van der Waals surface area contributed by atoms with Crippen molar-refractivity contribution in [2.24, 2.45) is 0 Å². The summed E-state index contributed by atoms with van der Waals surface area (Å²) in [6.45, 7) is 6.22. The fourth-order valence-corrected chi connectivity index (χ4v) is 4.77. The fourth-order valence-electron chi connectivity index (χ4n) is 4.60. The third-order valence-corrected chi connectivity index (χ3v) is 6.99. The molecule has 0 aliphatic carbocycles. The van der Waals surface area contributed by atoms with E-state index in [2.05, 4.69) is 0 Å². The second kappa shape index (κ2) is 11.2. The van der Waals surface area contributed by atoms with E-state index in [1.54, 1.807) is 61.5 Å². The Balaban J connectivity index is 1.95. The normalized spacial score (nSPS) is 16.6. The topological polar surface area (TPSA) is 85.3 Å². The maximum Gasteiger partial charge on any atom is 0.300 e.